The Balaban J connectivity index is 1.77. The molecule has 1 aliphatic heterocycles. The van der Waals surface area contributed by atoms with Crippen LogP contribution in [0.15, 0.2) is 16.8 Å². The number of nitrogens with zero attached hydrogens (tertiary/aromatic N) is 4. The molecule has 0 unspecified atom stereocenters. The lowest BCUT2D eigenvalue weighted by atomic mass is 10.0. The molecular formula is C13H17F2N5O2. The Labute approximate surface area is 125 Å². The summed E-state index contributed by atoms with van der Waals surface area (Å²) in [5.74, 6) is 0.110. The average Bonchev–Trinajstić information content (AvgIpc) is 3.16. The summed E-state index contributed by atoms with van der Waals surface area (Å²) in [6.07, 6.45) is 2.19. The highest BCUT2D eigenvalue weighted by atomic mass is 19.3. The van der Waals surface area contributed by atoms with Crippen LogP contribution in [-0.2, 0) is 11.3 Å². The van der Waals surface area contributed by atoms with E-state index in [1.165, 1.54) is 0 Å². The molecule has 0 bridgehead atoms. The predicted molar refractivity (Wildman–Crippen MR) is 72.5 cm³/mol. The van der Waals surface area contributed by atoms with Crippen LogP contribution in [0.1, 0.15) is 44.0 Å². The molecule has 0 aliphatic carbocycles. The second kappa shape index (κ2) is 6.39. The second-order valence-electron chi connectivity index (χ2n) is 5.00. The molecule has 3 rings (SSSR count). The van der Waals surface area contributed by atoms with E-state index in [1.807, 2.05) is 17.7 Å². The van der Waals surface area contributed by atoms with E-state index in [-0.39, 0.29) is 18.2 Å². The van der Waals surface area contributed by atoms with Gasteiger partial charge >= 0.3 is 12.4 Å². The Morgan fingerprint density at radius 2 is 2.32 bits per heavy atom. The van der Waals surface area contributed by atoms with Crippen molar-refractivity contribution in [2.45, 2.75) is 44.9 Å². The lowest BCUT2D eigenvalue weighted by molar-refractivity contribution is -0.00234. The predicted octanol–water partition coefficient (Wildman–Crippen LogP) is 2.56. The molecule has 0 aromatic carbocycles. The molecule has 120 valence electrons. The van der Waals surface area contributed by atoms with Crippen molar-refractivity contribution in [3.05, 3.63) is 24.1 Å². The maximum Gasteiger partial charge on any atom is 0.315 e. The SMILES string of the molecule is CCn1ccnc1[C@H]1OCCC[C@@H]1Nc1nnc(C(F)F)o1. The van der Waals surface area contributed by atoms with Gasteiger partial charge in [-0.1, -0.05) is 5.10 Å². The Morgan fingerprint density at radius 3 is 3.05 bits per heavy atom. The molecule has 22 heavy (non-hydrogen) atoms. The van der Waals surface area contributed by atoms with Crippen LogP contribution in [0.5, 0.6) is 0 Å². The zero-order valence-corrected chi connectivity index (χ0v) is 12.1. The summed E-state index contributed by atoms with van der Waals surface area (Å²) in [6, 6.07) is -0.183. The molecule has 3 heterocycles. The van der Waals surface area contributed by atoms with Crippen molar-refractivity contribution in [2.75, 3.05) is 11.9 Å². The summed E-state index contributed by atoms with van der Waals surface area (Å²) < 4.78 is 37.7. The van der Waals surface area contributed by atoms with E-state index in [1.54, 1.807) is 6.20 Å². The molecule has 1 fully saturated rings. The van der Waals surface area contributed by atoms with Crippen LogP contribution in [0.4, 0.5) is 14.8 Å². The smallest absolute Gasteiger partial charge is 0.315 e. The van der Waals surface area contributed by atoms with Gasteiger partial charge in [0.2, 0.25) is 0 Å². The molecule has 0 radical (unpaired) electrons. The van der Waals surface area contributed by atoms with Gasteiger partial charge in [-0.05, 0) is 19.8 Å². The standard InChI is InChI=1S/C13H17F2N5O2/c1-2-20-6-5-16-11(20)9-8(4-3-7-21-9)17-13-19-18-12(22-13)10(14)15/h5-6,8-10H,2-4,7H2,1H3,(H,17,19)/t8-,9-/m0/s1. The van der Waals surface area contributed by atoms with Crippen LogP contribution >= 0.6 is 0 Å². The van der Waals surface area contributed by atoms with Crippen LogP contribution < -0.4 is 5.32 Å². The van der Waals surface area contributed by atoms with Gasteiger partial charge in [0, 0.05) is 25.5 Å². The molecule has 2 aromatic rings. The normalized spacial score (nSPS) is 22.2. The summed E-state index contributed by atoms with van der Waals surface area (Å²) in [5, 5.41) is 9.91. The zero-order chi connectivity index (χ0) is 15.5. The lowest BCUT2D eigenvalue weighted by Gasteiger charge is -2.31. The van der Waals surface area contributed by atoms with Gasteiger partial charge in [-0.15, -0.1) is 5.10 Å². The summed E-state index contributed by atoms with van der Waals surface area (Å²) >= 11 is 0. The van der Waals surface area contributed by atoms with Gasteiger partial charge in [0.1, 0.15) is 11.9 Å². The number of anilines is 1. The molecule has 1 aliphatic rings. The van der Waals surface area contributed by atoms with Crippen molar-refractivity contribution in [3.63, 3.8) is 0 Å². The molecule has 0 amide bonds. The third kappa shape index (κ3) is 2.94. The van der Waals surface area contributed by atoms with E-state index >= 15 is 0 Å². The number of rotatable bonds is 5. The van der Waals surface area contributed by atoms with Crippen LogP contribution in [0.25, 0.3) is 0 Å². The Kier molecular flexibility index (Phi) is 4.32. The van der Waals surface area contributed by atoms with Gasteiger partial charge in [0.25, 0.3) is 5.89 Å². The second-order valence-corrected chi connectivity index (χ2v) is 5.00. The van der Waals surface area contributed by atoms with E-state index in [0.717, 1.165) is 25.2 Å². The third-order valence-electron chi connectivity index (χ3n) is 3.60. The minimum atomic E-state index is -2.78. The minimum absolute atomic E-state index is 0.0228. The molecule has 1 saturated heterocycles. The number of hydrogen-bond acceptors (Lipinski definition) is 6. The third-order valence-corrected chi connectivity index (χ3v) is 3.60. The van der Waals surface area contributed by atoms with Crippen molar-refractivity contribution < 1.29 is 17.9 Å². The molecule has 2 aromatic heterocycles. The first-order chi connectivity index (χ1) is 10.7. The number of halogens is 2. The minimum Gasteiger partial charge on any atom is -0.402 e. The Morgan fingerprint density at radius 1 is 1.45 bits per heavy atom. The molecule has 1 N–H and O–H groups in total. The van der Waals surface area contributed by atoms with Crippen molar-refractivity contribution >= 4 is 6.01 Å². The van der Waals surface area contributed by atoms with Crippen molar-refractivity contribution in [1.29, 1.82) is 0 Å². The first kappa shape index (κ1) is 14.9. The molecule has 0 saturated carbocycles. The summed E-state index contributed by atoms with van der Waals surface area (Å²) in [4.78, 5) is 4.35. The number of aromatic nitrogens is 4. The van der Waals surface area contributed by atoms with E-state index in [2.05, 4.69) is 20.5 Å². The van der Waals surface area contributed by atoms with E-state index < -0.39 is 12.3 Å². The summed E-state index contributed by atoms with van der Waals surface area (Å²) in [5.41, 5.74) is 0. The number of ether oxygens (including phenoxy) is 1. The fraction of sp³-hybridized carbons (Fsp3) is 0.615. The van der Waals surface area contributed by atoms with Gasteiger partial charge in [0.15, 0.2) is 0 Å². The highest BCUT2D eigenvalue weighted by Crippen LogP contribution is 2.30. The van der Waals surface area contributed by atoms with E-state index in [9.17, 15) is 8.78 Å². The highest BCUT2D eigenvalue weighted by molar-refractivity contribution is 5.22. The quantitative estimate of drug-likeness (QED) is 0.914. The van der Waals surface area contributed by atoms with Crippen molar-refractivity contribution in [2.24, 2.45) is 0 Å². The van der Waals surface area contributed by atoms with Crippen LogP contribution in [0, 0.1) is 0 Å². The van der Waals surface area contributed by atoms with Gasteiger partial charge in [0.05, 0.1) is 6.04 Å². The van der Waals surface area contributed by atoms with Gasteiger partial charge in [-0.3, -0.25) is 0 Å². The Hall–Kier alpha value is -2.03. The fourth-order valence-electron chi connectivity index (χ4n) is 2.57. The van der Waals surface area contributed by atoms with E-state index in [4.69, 9.17) is 9.15 Å². The summed E-state index contributed by atoms with van der Waals surface area (Å²) in [7, 11) is 0. The number of alkyl halides is 2. The number of hydrogen-bond donors (Lipinski definition) is 1. The Bertz CT molecular complexity index is 615. The largest absolute Gasteiger partial charge is 0.402 e. The number of aryl methyl sites for hydroxylation is 1. The van der Waals surface area contributed by atoms with Gasteiger partial charge < -0.3 is 19.0 Å². The molecular weight excluding hydrogens is 296 g/mol. The zero-order valence-electron chi connectivity index (χ0n) is 12.1. The van der Waals surface area contributed by atoms with Gasteiger partial charge in [-0.2, -0.15) is 8.78 Å². The van der Waals surface area contributed by atoms with Crippen LogP contribution in [0.3, 0.4) is 0 Å². The molecule has 9 heteroatoms. The maximum absolute atomic E-state index is 12.5. The topological polar surface area (TPSA) is 78.0 Å². The molecule has 7 nitrogen and oxygen atoms in total. The van der Waals surface area contributed by atoms with Crippen molar-refractivity contribution in [1.82, 2.24) is 19.7 Å². The highest BCUT2D eigenvalue weighted by Gasteiger charge is 2.32. The van der Waals surface area contributed by atoms with Crippen LogP contribution in [0.2, 0.25) is 0 Å². The van der Waals surface area contributed by atoms with Crippen molar-refractivity contribution in [3.8, 4) is 0 Å². The molecule has 2 atom stereocenters. The van der Waals surface area contributed by atoms with Crippen LogP contribution in [-0.4, -0.2) is 32.4 Å². The first-order valence-corrected chi connectivity index (χ1v) is 7.19. The maximum atomic E-state index is 12.5. The average molecular weight is 313 g/mol. The first-order valence-electron chi connectivity index (χ1n) is 7.19. The molecule has 0 spiro atoms. The lowest BCUT2D eigenvalue weighted by Crippen LogP contribution is -2.35. The van der Waals surface area contributed by atoms with E-state index in [0.29, 0.717) is 6.61 Å². The monoisotopic (exact) mass is 313 g/mol. The summed E-state index contributed by atoms with van der Waals surface area (Å²) in [6.45, 7) is 3.42. The number of nitrogens with one attached hydrogen (secondary N) is 1. The number of imidazole rings is 1. The fourth-order valence-corrected chi connectivity index (χ4v) is 2.57. The van der Waals surface area contributed by atoms with Gasteiger partial charge in [-0.25, -0.2) is 4.98 Å².